The van der Waals surface area contributed by atoms with Gasteiger partial charge in [0.15, 0.2) is 11.5 Å². The van der Waals surface area contributed by atoms with Gasteiger partial charge < -0.3 is 19.7 Å². The molecule has 0 radical (unpaired) electrons. The number of carbonyl (C=O) groups is 2. The molecule has 9 nitrogen and oxygen atoms in total. The number of rotatable bonds is 13. The molecule has 1 heterocycles. The quantitative estimate of drug-likeness (QED) is 0.307. The molecule has 0 bridgehead atoms. The second kappa shape index (κ2) is 14.4. The van der Waals surface area contributed by atoms with Gasteiger partial charge in [-0.2, -0.15) is 0 Å². The van der Waals surface area contributed by atoms with E-state index in [4.69, 9.17) is 9.47 Å². The monoisotopic (exact) mass is 607 g/mol. The second-order valence-electron chi connectivity index (χ2n) is 11.1. The van der Waals surface area contributed by atoms with Gasteiger partial charge in [0.1, 0.15) is 19.3 Å². The average Bonchev–Trinajstić information content (AvgIpc) is 2.97. The Kier molecular flexibility index (Phi) is 10.7. The minimum Gasteiger partial charge on any atom is -0.486 e. The van der Waals surface area contributed by atoms with E-state index in [-0.39, 0.29) is 43.8 Å². The fourth-order valence-electron chi connectivity index (χ4n) is 5.02. The zero-order valence-corrected chi connectivity index (χ0v) is 26.1. The van der Waals surface area contributed by atoms with Crippen molar-refractivity contribution in [3.8, 4) is 11.5 Å². The third kappa shape index (κ3) is 8.97. The second-order valence-corrected chi connectivity index (χ2v) is 13.0. The highest BCUT2D eigenvalue weighted by Gasteiger charge is 2.31. The lowest BCUT2D eigenvalue weighted by Crippen LogP contribution is -2.51. The van der Waals surface area contributed by atoms with Gasteiger partial charge >= 0.3 is 0 Å². The summed E-state index contributed by atoms with van der Waals surface area (Å²) >= 11 is 0. The maximum Gasteiger partial charge on any atom is 0.243 e. The first-order valence-corrected chi connectivity index (χ1v) is 16.4. The van der Waals surface area contributed by atoms with Crippen LogP contribution in [-0.2, 0) is 32.6 Å². The third-order valence-electron chi connectivity index (χ3n) is 7.14. The topological polar surface area (TPSA) is 105 Å². The van der Waals surface area contributed by atoms with E-state index in [0.717, 1.165) is 22.9 Å². The van der Waals surface area contributed by atoms with Gasteiger partial charge in [0.05, 0.1) is 11.9 Å². The molecule has 0 aromatic heterocycles. The van der Waals surface area contributed by atoms with Gasteiger partial charge in [0.25, 0.3) is 0 Å². The number of ether oxygens (including phenoxy) is 2. The first-order chi connectivity index (χ1) is 20.5. The van der Waals surface area contributed by atoms with Crippen molar-refractivity contribution in [1.82, 2.24) is 10.2 Å². The Balaban J connectivity index is 1.57. The van der Waals surface area contributed by atoms with E-state index in [0.29, 0.717) is 36.8 Å². The van der Waals surface area contributed by atoms with Crippen LogP contribution in [-0.4, -0.2) is 63.2 Å². The lowest BCUT2D eigenvalue weighted by atomic mass is 10.0. The van der Waals surface area contributed by atoms with Crippen molar-refractivity contribution in [2.75, 3.05) is 30.3 Å². The molecule has 3 aromatic carbocycles. The van der Waals surface area contributed by atoms with E-state index < -0.39 is 16.1 Å². The van der Waals surface area contributed by atoms with Crippen LogP contribution in [0.1, 0.15) is 43.4 Å². The zero-order valence-electron chi connectivity index (χ0n) is 25.3. The Bertz CT molecular complexity index is 1490. The summed E-state index contributed by atoms with van der Waals surface area (Å²) in [6.07, 6.45) is 1.81. The van der Waals surface area contributed by atoms with E-state index in [1.54, 1.807) is 23.1 Å². The molecule has 0 unspecified atom stereocenters. The SMILES string of the molecule is Cc1ccc(CN(C(=O)CCCN(c2ccc3c(c2)OCCO3)S(C)(=O)=O)[C@@H](Cc2ccccc2)C(=O)NC(C)C)cc1. The summed E-state index contributed by atoms with van der Waals surface area (Å²) in [7, 11) is -3.65. The molecule has 10 heteroatoms. The lowest BCUT2D eigenvalue weighted by Gasteiger charge is -2.32. The maximum absolute atomic E-state index is 13.9. The van der Waals surface area contributed by atoms with Crippen LogP contribution in [0.4, 0.5) is 5.69 Å². The highest BCUT2D eigenvalue weighted by atomic mass is 32.2. The normalized spacial score (nSPS) is 13.3. The fourth-order valence-corrected chi connectivity index (χ4v) is 5.97. The van der Waals surface area contributed by atoms with Gasteiger partial charge in [-0.3, -0.25) is 13.9 Å². The van der Waals surface area contributed by atoms with Gasteiger partial charge in [-0.05, 0) is 50.5 Å². The van der Waals surface area contributed by atoms with Crippen LogP contribution in [0.25, 0.3) is 0 Å². The zero-order chi connectivity index (χ0) is 31.0. The van der Waals surface area contributed by atoms with E-state index >= 15 is 0 Å². The average molecular weight is 608 g/mol. The number of nitrogens with one attached hydrogen (secondary N) is 1. The highest BCUT2D eigenvalue weighted by molar-refractivity contribution is 7.92. The molecule has 230 valence electrons. The Morgan fingerprint density at radius 2 is 1.58 bits per heavy atom. The Morgan fingerprint density at radius 3 is 2.23 bits per heavy atom. The molecule has 0 fully saturated rings. The van der Waals surface area contributed by atoms with Gasteiger partial charge in [-0.25, -0.2) is 8.42 Å². The predicted octanol–water partition coefficient (Wildman–Crippen LogP) is 4.48. The standard InChI is InChI=1S/C33H41N3O6S/c1-24(2)34-33(38)29(21-26-9-6-5-7-10-26)35(23-27-14-12-25(3)13-15-27)32(37)11-8-18-36(43(4,39)40)28-16-17-30-31(22-28)42-20-19-41-30/h5-7,9-10,12-17,22,24,29H,8,11,18-21,23H2,1-4H3,(H,34,38)/t29-/m0/s1. The molecule has 43 heavy (non-hydrogen) atoms. The van der Waals surface area contributed by atoms with E-state index in [1.807, 2.05) is 75.4 Å². The van der Waals surface area contributed by atoms with Gasteiger partial charge in [0.2, 0.25) is 21.8 Å². The van der Waals surface area contributed by atoms with Crippen LogP contribution >= 0.6 is 0 Å². The van der Waals surface area contributed by atoms with Gasteiger partial charge in [-0.1, -0.05) is 60.2 Å². The number of carbonyl (C=O) groups excluding carboxylic acids is 2. The molecular formula is C33H41N3O6S. The van der Waals surface area contributed by atoms with Crippen molar-refractivity contribution >= 4 is 27.5 Å². The number of nitrogens with zero attached hydrogens (tertiary/aromatic N) is 2. The number of benzene rings is 3. The molecule has 1 N–H and O–H groups in total. The van der Waals surface area contributed by atoms with Crippen LogP contribution in [0.5, 0.6) is 11.5 Å². The molecule has 0 saturated heterocycles. The van der Waals surface area contributed by atoms with Crippen LogP contribution in [0.3, 0.4) is 0 Å². The lowest BCUT2D eigenvalue weighted by molar-refractivity contribution is -0.141. The summed E-state index contributed by atoms with van der Waals surface area (Å²) in [6.45, 7) is 6.93. The maximum atomic E-state index is 13.9. The van der Waals surface area contributed by atoms with E-state index in [1.165, 1.54) is 4.31 Å². The number of aryl methyl sites for hydroxylation is 1. The van der Waals surface area contributed by atoms with Crippen molar-refractivity contribution in [1.29, 1.82) is 0 Å². The van der Waals surface area contributed by atoms with Gasteiger partial charge in [-0.15, -0.1) is 0 Å². The molecule has 1 aliphatic rings. The van der Waals surface area contributed by atoms with Gasteiger partial charge in [0, 0.05) is 38.0 Å². The molecule has 3 aromatic rings. The van der Waals surface area contributed by atoms with Crippen LogP contribution in [0, 0.1) is 6.92 Å². The summed E-state index contributed by atoms with van der Waals surface area (Å²) in [6, 6.07) is 21.7. The minimum absolute atomic E-state index is 0.0582. The minimum atomic E-state index is -3.65. The Morgan fingerprint density at radius 1 is 0.907 bits per heavy atom. The summed E-state index contributed by atoms with van der Waals surface area (Å²) in [5.41, 5.74) is 3.38. The summed E-state index contributed by atoms with van der Waals surface area (Å²) in [5.74, 6) is 0.594. The number of hydrogen-bond donors (Lipinski definition) is 1. The summed E-state index contributed by atoms with van der Waals surface area (Å²) in [5, 5.41) is 2.99. The number of anilines is 1. The molecule has 1 aliphatic heterocycles. The first kappa shape index (κ1) is 31.9. The van der Waals surface area contributed by atoms with Crippen LogP contribution < -0.4 is 19.1 Å². The molecule has 4 rings (SSSR count). The first-order valence-electron chi connectivity index (χ1n) is 14.6. The smallest absolute Gasteiger partial charge is 0.243 e. The summed E-state index contributed by atoms with van der Waals surface area (Å²) in [4.78, 5) is 29.1. The molecular weight excluding hydrogens is 566 g/mol. The number of hydrogen-bond acceptors (Lipinski definition) is 6. The fraction of sp³-hybridized carbons (Fsp3) is 0.394. The van der Waals surface area contributed by atoms with Crippen molar-refractivity contribution in [3.63, 3.8) is 0 Å². The number of fused-ring (bicyclic) bond motifs is 1. The molecule has 0 saturated carbocycles. The van der Waals surface area contributed by atoms with Crippen molar-refractivity contribution < 1.29 is 27.5 Å². The Labute approximate surface area is 254 Å². The predicted molar refractivity (Wildman–Crippen MR) is 168 cm³/mol. The van der Waals surface area contributed by atoms with Crippen LogP contribution in [0.15, 0.2) is 72.8 Å². The molecule has 1 atom stereocenters. The summed E-state index contributed by atoms with van der Waals surface area (Å²) < 4.78 is 38.1. The van der Waals surface area contributed by atoms with Crippen molar-refractivity contribution in [2.45, 2.75) is 58.7 Å². The van der Waals surface area contributed by atoms with Crippen LogP contribution in [0.2, 0.25) is 0 Å². The number of amides is 2. The van der Waals surface area contributed by atoms with E-state index in [9.17, 15) is 18.0 Å². The third-order valence-corrected chi connectivity index (χ3v) is 8.34. The number of sulfonamides is 1. The van der Waals surface area contributed by atoms with E-state index in [2.05, 4.69) is 5.32 Å². The highest BCUT2D eigenvalue weighted by Crippen LogP contribution is 2.34. The molecule has 0 aliphatic carbocycles. The van der Waals surface area contributed by atoms with Crippen molar-refractivity contribution in [2.24, 2.45) is 0 Å². The Hall–Kier alpha value is -4.05. The molecule has 2 amide bonds. The largest absolute Gasteiger partial charge is 0.486 e. The van der Waals surface area contributed by atoms with Crippen molar-refractivity contribution in [3.05, 3.63) is 89.5 Å². The molecule has 0 spiro atoms.